The van der Waals surface area contributed by atoms with Crippen LogP contribution in [0, 0.1) is 0 Å². The Morgan fingerprint density at radius 3 is 2.81 bits per heavy atom. The maximum absolute atomic E-state index is 12.8. The van der Waals surface area contributed by atoms with E-state index in [0.717, 1.165) is 11.4 Å². The summed E-state index contributed by atoms with van der Waals surface area (Å²) in [5, 5.41) is 2.90. The van der Waals surface area contributed by atoms with E-state index in [9.17, 15) is 9.59 Å². The fourth-order valence-corrected chi connectivity index (χ4v) is 3.28. The summed E-state index contributed by atoms with van der Waals surface area (Å²) in [6.07, 6.45) is 3.29. The van der Waals surface area contributed by atoms with Gasteiger partial charge in [-0.05, 0) is 19.4 Å². The van der Waals surface area contributed by atoms with Crippen molar-refractivity contribution in [1.82, 2.24) is 20.2 Å². The molecule has 3 rings (SSSR count). The Labute approximate surface area is 152 Å². The number of nitrogens with one attached hydrogen (secondary N) is 2. The first kappa shape index (κ1) is 18.1. The van der Waals surface area contributed by atoms with Gasteiger partial charge < -0.3 is 19.9 Å². The smallest absolute Gasteiger partial charge is 0.251 e. The SMILES string of the molecule is CC(C)N1C(=O)CO[C@H](C(=O)NCCc2ncc[nH]2)[C@H]1c1ccccc1. The maximum Gasteiger partial charge on any atom is 0.251 e. The lowest BCUT2D eigenvalue weighted by atomic mass is 9.96. The van der Waals surface area contributed by atoms with Gasteiger partial charge in [0.05, 0.1) is 6.04 Å². The molecule has 1 aromatic heterocycles. The minimum atomic E-state index is -0.742. The summed E-state index contributed by atoms with van der Waals surface area (Å²) in [5.74, 6) is 0.491. The summed E-state index contributed by atoms with van der Waals surface area (Å²) in [6, 6.07) is 9.08. The highest BCUT2D eigenvalue weighted by molar-refractivity contribution is 5.86. The van der Waals surface area contributed by atoms with Crippen molar-refractivity contribution in [2.45, 2.75) is 38.5 Å². The van der Waals surface area contributed by atoms with Crippen molar-refractivity contribution in [2.24, 2.45) is 0 Å². The first-order valence-corrected chi connectivity index (χ1v) is 8.81. The zero-order chi connectivity index (χ0) is 18.5. The van der Waals surface area contributed by atoms with Crippen molar-refractivity contribution >= 4 is 11.8 Å². The second-order valence-electron chi connectivity index (χ2n) is 6.56. The van der Waals surface area contributed by atoms with E-state index in [0.29, 0.717) is 13.0 Å². The van der Waals surface area contributed by atoms with Crippen LogP contribution in [0.25, 0.3) is 0 Å². The van der Waals surface area contributed by atoms with E-state index in [1.54, 1.807) is 17.3 Å². The van der Waals surface area contributed by atoms with Crippen LogP contribution in [0.4, 0.5) is 0 Å². The molecule has 0 unspecified atom stereocenters. The lowest BCUT2D eigenvalue weighted by Gasteiger charge is -2.42. The van der Waals surface area contributed by atoms with Crippen LogP contribution >= 0.6 is 0 Å². The molecule has 26 heavy (non-hydrogen) atoms. The Hall–Kier alpha value is -2.67. The van der Waals surface area contributed by atoms with Crippen molar-refractivity contribution < 1.29 is 14.3 Å². The summed E-state index contributed by atoms with van der Waals surface area (Å²) >= 11 is 0. The number of morpholine rings is 1. The normalized spacial score (nSPS) is 20.4. The van der Waals surface area contributed by atoms with Crippen LogP contribution in [0.1, 0.15) is 31.3 Å². The van der Waals surface area contributed by atoms with Crippen molar-refractivity contribution in [2.75, 3.05) is 13.2 Å². The molecule has 0 spiro atoms. The third-order valence-corrected chi connectivity index (χ3v) is 4.43. The van der Waals surface area contributed by atoms with Crippen molar-refractivity contribution in [3.8, 4) is 0 Å². The summed E-state index contributed by atoms with van der Waals surface area (Å²) in [4.78, 5) is 34.1. The van der Waals surface area contributed by atoms with E-state index in [2.05, 4.69) is 15.3 Å². The summed E-state index contributed by atoms with van der Waals surface area (Å²) in [5.41, 5.74) is 0.889. The van der Waals surface area contributed by atoms with Crippen molar-refractivity contribution in [3.63, 3.8) is 0 Å². The molecule has 1 aromatic carbocycles. The number of aromatic amines is 1. The lowest BCUT2D eigenvalue weighted by Crippen LogP contribution is -2.56. The zero-order valence-electron chi connectivity index (χ0n) is 15.0. The fourth-order valence-electron chi connectivity index (χ4n) is 3.28. The van der Waals surface area contributed by atoms with Gasteiger partial charge in [-0.2, -0.15) is 0 Å². The molecule has 138 valence electrons. The molecule has 2 atom stereocenters. The number of ether oxygens (including phenoxy) is 1. The van der Waals surface area contributed by atoms with Gasteiger partial charge in [-0.15, -0.1) is 0 Å². The van der Waals surface area contributed by atoms with Gasteiger partial charge in [0.1, 0.15) is 12.4 Å². The Morgan fingerprint density at radius 1 is 1.38 bits per heavy atom. The van der Waals surface area contributed by atoms with Crippen LogP contribution in [0.15, 0.2) is 42.7 Å². The van der Waals surface area contributed by atoms with Gasteiger partial charge >= 0.3 is 0 Å². The number of hydrogen-bond donors (Lipinski definition) is 2. The number of H-pyrrole nitrogens is 1. The van der Waals surface area contributed by atoms with Gasteiger partial charge in [-0.3, -0.25) is 9.59 Å². The quantitative estimate of drug-likeness (QED) is 0.820. The number of rotatable bonds is 6. The van der Waals surface area contributed by atoms with Gasteiger partial charge in [0.2, 0.25) is 5.91 Å². The first-order valence-electron chi connectivity index (χ1n) is 8.81. The predicted octanol–water partition coefficient (Wildman–Crippen LogP) is 1.45. The molecule has 1 fully saturated rings. The third-order valence-electron chi connectivity index (χ3n) is 4.43. The monoisotopic (exact) mass is 356 g/mol. The van der Waals surface area contributed by atoms with E-state index in [1.165, 1.54) is 0 Å². The minimum Gasteiger partial charge on any atom is -0.356 e. The predicted molar refractivity (Wildman–Crippen MR) is 96.2 cm³/mol. The number of amides is 2. The number of carbonyl (C=O) groups is 2. The average Bonchev–Trinajstić information content (AvgIpc) is 3.15. The highest BCUT2D eigenvalue weighted by Crippen LogP contribution is 2.32. The maximum atomic E-state index is 12.8. The number of benzene rings is 1. The molecule has 2 aromatic rings. The minimum absolute atomic E-state index is 0.0324. The Kier molecular flexibility index (Phi) is 5.68. The molecule has 2 N–H and O–H groups in total. The van der Waals surface area contributed by atoms with Gasteiger partial charge in [0.25, 0.3) is 5.91 Å². The number of hydrogen-bond acceptors (Lipinski definition) is 4. The summed E-state index contributed by atoms with van der Waals surface area (Å²) in [6.45, 7) is 4.26. The highest BCUT2D eigenvalue weighted by Gasteiger charge is 2.42. The molecule has 0 saturated carbocycles. The Morgan fingerprint density at radius 2 is 2.15 bits per heavy atom. The standard InChI is InChI=1S/C19H24N4O3/c1-13(2)23-16(24)12-26-18(17(23)14-6-4-3-5-7-14)19(25)22-9-8-15-20-10-11-21-15/h3-7,10-11,13,17-18H,8-9,12H2,1-2H3,(H,20,21)(H,22,25)/t17-,18+/m1/s1. The number of carbonyl (C=O) groups excluding carboxylic acids is 2. The zero-order valence-corrected chi connectivity index (χ0v) is 15.0. The molecule has 7 nitrogen and oxygen atoms in total. The lowest BCUT2D eigenvalue weighted by molar-refractivity contribution is -0.167. The van der Waals surface area contributed by atoms with Crippen LogP contribution in [0.2, 0.25) is 0 Å². The summed E-state index contributed by atoms with van der Waals surface area (Å²) < 4.78 is 5.66. The van der Waals surface area contributed by atoms with E-state index in [4.69, 9.17) is 4.74 Å². The topological polar surface area (TPSA) is 87.3 Å². The van der Waals surface area contributed by atoms with Gasteiger partial charge in [-0.1, -0.05) is 30.3 Å². The van der Waals surface area contributed by atoms with Gasteiger partial charge in [0, 0.05) is 31.4 Å². The average molecular weight is 356 g/mol. The number of imidazole rings is 1. The van der Waals surface area contributed by atoms with Crippen LogP contribution < -0.4 is 5.32 Å². The molecule has 2 heterocycles. The molecule has 0 bridgehead atoms. The molecule has 0 radical (unpaired) electrons. The Bertz CT molecular complexity index is 731. The number of aromatic nitrogens is 2. The molecule has 1 saturated heterocycles. The molecular formula is C19H24N4O3. The van der Waals surface area contributed by atoms with Crippen molar-refractivity contribution in [1.29, 1.82) is 0 Å². The molecule has 1 aliphatic rings. The van der Waals surface area contributed by atoms with Gasteiger partial charge in [-0.25, -0.2) is 4.98 Å². The third kappa shape index (κ3) is 3.94. The van der Waals surface area contributed by atoms with E-state index in [-0.39, 0.29) is 24.5 Å². The van der Waals surface area contributed by atoms with Crippen LogP contribution in [-0.4, -0.2) is 52.0 Å². The largest absolute Gasteiger partial charge is 0.356 e. The van der Waals surface area contributed by atoms with Crippen LogP contribution in [0.3, 0.4) is 0 Å². The molecule has 2 amide bonds. The van der Waals surface area contributed by atoms with Gasteiger partial charge in [0.15, 0.2) is 6.10 Å². The second-order valence-corrected chi connectivity index (χ2v) is 6.56. The van der Waals surface area contributed by atoms with Crippen LogP contribution in [-0.2, 0) is 20.7 Å². The summed E-state index contributed by atoms with van der Waals surface area (Å²) in [7, 11) is 0. The molecule has 7 heteroatoms. The fraction of sp³-hybridized carbons (Fsp3) is 0.421. The van der Waals surface area contributed by atoms with E-state index in [1.807, 2.05) is 44.2 Å². The molecular weight excluding hydrogens is 332 g/mol. The number of nitrogens with zero attached hydrogens (tertiary/aromatic N) is 2. The first-order chi connectivity index (χ1) is 12.6. The molecule has 1 aliphatic heterocycles. The van der Waals surface area contributed by atoms with E-state index < -0.39 is 12.1 Å². The van der Waals surface area contributed by atoms with Crippen LogP contribution in [0.5, 0.6) is 0 Å². The Balaban J connectivity index is 1.76. The van der Waals surface area contributed by atoms with E-state index >= 15 is 0 Å². The van der Waals surface area contributed by atoms with Crippen molar-refractivity contribution in [3.05, 3.63) is 54.1 Å². The highest BCUT2D eigenvalue weighted by atomic mass is 16.5. The molecule has 0 aliphatic carbocycles. The second kappa shape index (κ2) is 8.14.